The van der Waals surface area contributed by atoms with E-state index in [1.807, 2.05) is 14.0 Å². The van der Waals surface area contributed by atoms with Crippen LogP contribution in [0.1, 0.15) is 24.4 Å². The molecule has 0 spiro atoms. The van der Waals surface area contributed by atoms with Gasteiger partial charge in [0.05, 0.1) is 5.69 Å². The van der Waals surface area contributed by atoms with E-state index in [2.05, 4.69) is 14.9 Å². The van der Waals surface area contributed by atoms with Crippen molar-refractivity contribution in [2.24, 2.45) is 0 Å². The van der Waals surface area contributed by atoms with Crippen molar-refractivity contribution in [1.29, 1.82) is 0 Å². The molecule has 2 heterocycles. The van der Waals surface area contributed by atoms with Crippen LogP contribution in [0.15, 0.2) is 6.20 Å². The molecule has 1 aromatic rings. The van der Waals surface area contributed by atoms with Gasteiger partial charge < -0.3 is 15.0 Å². The van der Waals surface area contributed by atoms with Crippen LogP contribution < -0.4 is 0 Å². The number of imidazole rings is 1. The normalized spacial score (nSPS) is 20.9. The average Bonchev–Trinajstić information content (AvgIpc) is 2.66. The molecule has 0 unspecified atom stereocenters. The van der Waals surface area contributed by atoms with Crippen molar-refractivity contribution >= 4 is 5.97 Å². The summed E-state index contributed by atoms with van der Waals surface area (Å²) in [5.74, 6) is 0.0267. The molecule has 0 atom stereocenters. The first-order valence-corrected chi connectivity index (χ1v) is 5.48. The quantitative estimate of drug-likeness (QED) is 0.777. The van der Waals surface area contributed by atoms with Gasteiger partial charge in [-0.25, -0.2) is 4.98 Å². The highest BCUT2D eigenvalue weighted by Crippen LogP contribution is 2.34. The second kappa shape index (κ2) is 3.90. The number of rotatable bonds is 2. The van der Waals surface area contributed by atoms with Gasteiger partial charge in [0.2, 0.25) is 0 Å². The Hall–Kier alpha value is -1.36. The van der Waals surface area contributed by atoms with Gasteiger partial charge in [-0.3, -0.25) is 4.79 Å². The zero-order valence-electron chi connectivity index (χ0n) is 9.66. The number of aromatic nitrogens is 2. The van der Waals surface area contributed by atoms with E-state index in [0.29, 0.717) is 12.8 Å². The van der Waals surface area contributed by atoms with Crippen molar-refractivity contribution in [3.63, 3.8) is 0 Å². The largest absolute Gasteiger partial charge is 0.481 e. The van der Waals surface area contributed by atoms with E-state index in [4.69, 9.17) is 0 Å². The van der Waals surface area contributed by atoms with Gasteiger partial charge in [0, 0.05) is 6.20 Å². The number of aryl methyl sites for hydroxylation is 1. The minimum absolute atomic E-state index is 0.639. The van der Waals surface area contributed by atoms with Crippen LogP contribution in [0.2, 0.25) is 0 Å². The molecule has 1 aliphatic rings. The smallest absolute Gasteiger partial charge is 0.315 e. The van der Waals surface area contributed by atoms with E-state index in [0.717, 1.165) is 24.6 Å². The molecular formula is C11H17N3O2. The predicted molar refractivity (Wildman–Crippen MR) is 59.4 cm³/mol. The lowest BCUT2D eigenvalue weighted by Crippen LogP contribution is -2.46. The summed E-state index contributed by atoms with van der Waals surface area (Å²) < 4.78 is 0. The van der Waals surface area contributed by atoms with Crippen LogP contribution in [-0.2, 0) is 10.2 Å². The fourth-order valence-electron chi connectivity index (χ4n) is 2.26. The lowest BCUT2D eigenvalue weighted by atomic mass is 9.76. The van der Waals surface area contributed by atoms with Crippen LogP contribution in [0.25, 0.3) is 0 Å². The van der Waals surface area contributed by atoms with Gasteiger partial charge in [-0.15, -0.1) is 0 Å². The minimum Gasteiger partial charge on any atom is -0.481 e. The molecule has 5 heteroatoms. The molecule has 16 heavy (non-hydrogen) atoms. The number of hydrogen-bond acceptors (Lipinski definition) is 3. The van der Waals surface area contributed by atoms with E-state index in [1.165, 1.54) is 0 Å². The molecule has 1 fully saturated rings. The molecule has 1 saturated heterocycles. The van der Waals surface area contributed by atoms with Gasteiger partial charge in [-0.1, -0.05) is 0 Å². The molecule has 88 valence electrons. The molecule has 0 aromatic carbocycles. The molecule has 5 nitrogen and oxygen atoms in total. The van der Waals surface area contributed by atoms with Gasteiger partial charge >= 0.3 is 5.97 Å². The number of H-pyrrole nitrogens is 1. The van der Waals surface area contributed by atoms with Crippen LogP contribution in [0, 0.1) is 6.92 Å². The molecular weight excluding hydrogens is 206 g/mol. The van der Waals surface area contributed by atoms with Crippen molar-refractivity contribution < 1.29 is 9.90 Å². The Morgan fingerprint density at radius 2 is 2.19 bits per heavy atom. The number of nitrogens with zero attached hydrogens (tertiary/aromatic N) is 2. The van der Waals surface area contributed by atoms with Crippen molar-refractivity contribution in [1.82, 2.24) is 14.9 Å². The van der Waals surface area contributed by atoms with E-state index in [1.54, 1.807) is 6.20 Å². The number of carbonyl (C=O) groups is 1. The second-order valence-electron chi connectivity index (χ2n) is 4.57. The number of aliphatic carboxylic acids is 1. The summed E-state index contributed by atoms with van der Waals surface area (Å²) in [5, 5.41) is 9.47. The minimum atomic E-state index is -0.770. The summed E-state index contributed by atoms with van der Waals surface area (Å²) in [6.45, 7) is 3.46. The van der Waals surface area contributed by atoms with Gasteiger partial charge in [-0.05, 0) is 39.9 Å². The Morgan fingerprint density at radius 3 is 2.62 bits per heavy atom. The van der Waals surface area contributed by atoms with Crippen molar-refractivity contribution in [3.8, 4) is 0 Å². The number of aromatic amines is 1. The van der Waals surface area contributed by atoms with Gasteiger partial charge in [-0.2, -0.15) is 0 Å². The zero-order valence-corrected chi connectivity index (χ0v) is 9.66. The standard InChI is InChI=1S/C11H17N3O2/c1-8-12-7-9(13-8)11(10(15)16)3-5-14(2)6-4-11/h7H,3-6H2,1-2H3,(H,12,13)(H,15,16). The van der Waals surface area contributed by atoms with Crippen LogP contribution in [-0.4, -0.2) is 46.1 Å². The first-order valence-electron chi connectivity index (χ1n) is 5.48. The van der Waals surface area contributed by atoms with E-state index < -0.39 is 11.4 Å². The molecule has 0 radical (unpaired) electrons. The van der Waals surface area contributed by atoms with Crippen molar-refractivity contribution in [2.45, 2.75) is 25.2 Å². The summed E-state index contributed by atoms with van der Waals surface area (Å²) in [5.41, 5.74) is -0.0288. The summed E-state index contributed by atoms with van der Waals surface area (Å²) in [6.07, 6.45) is 2.94. The Labute approximate surface area is 94.5 Å². The fraction of sp³-hybridized carbons (Fsp3) is 0.636. The maximum atomic E-state index is 11.5. The fourth-order valence-corrected chi connectivity index (χ4v) is 2.26. The summed E-state index contributed by atoms with van der Waals surface area (Å²) in [7, 11) is 2.02. The number of hydrogen-bond donors (Lipinski definition) is 2. The summed E-state index contributed by atoms with van der Waals surface area (Å²) >= 11 is 0. The molecule has 1 aromatic heterocycles. The number of piperidine rings is 1. The lowest BCUT2D eigenvalue weighted by Gasteiger charge is -2.36. The maximum absolute atomic E-state index is 11.5. The van der Waals surface area contributed by atoms with Gasteiger partial charge in [0.25, 0.3) is 0 Å². The molecule has 1 aliphatic heterocycles. The first-order chi connectivity index (χ1) is 7.54. The highest BCUT2D eigenvalue weighted by Gasteiger charge is 2.43. The number of carboxylic acids is 1. The van der Waals surface area contributed by atoms with Gasteiger partial charge in [0.15, 0.2) is 0 Å². The van der Waals surface area contributed by atoms with E-state index >= 15 is 0 Å². The highest BCUT2D eigenvalue weighted by atomic mass is 16.4. The Morgan fingerprint density at radius 1 is 1.56 bits per heavy atom. The van der Waals surface area contributed by atoms with Crippen molar-refractivity contribution in [3.05, 3.63) is 17.7 Å². The third kappa shape index (κ3) is 1.71. The molecule has 0 saturated carbocycles. The Bertz CT molecular complexity index is 392. The van der Waals surface area contributed by atoms with Crippen LogP contribution in [0.5, 0.6) is 0 Å². The number of nitrogens with one attached hydrogen (secondary N) is 1. The highest BCUT2D eigenvalue weighted by molar-refractivity contribution is 5.80. The summed E-state index contributed by atoms with van der Waals surface area (Å²) in [4.78, 5) is 20.9. The zero-order chi connectivity index (χ0) is 11.8. The van der Waals surface area contributed by atoms with Crippen molar-refractivity contribution in [2.75, 3.05) is 20.1 Å². The molecule has 2 rings (SSSR count). The molecule has 2 N–H and O–H groups in total. The molecule has 0 aliphatic carbocycles. The van der Waals surface area contributed by atoms with Crippen LogP contribution >= 0.6 is 0 Å². The third-order valence-corrected chi connectivity index (χ3v) is 3.47. The molecule has 0 amide bonds. The molecule has 0 bridgehead atoms. The summed E-state index contributed by atoms with van der Waals surface area (Å²) in [6, 6.07) is 0. The topological polar surface area (TPSA) is 69.2 Å². The monoisotopic (exact) mass is 223 g/mol. The SMILES string of the molecule is Cc1ncc(C2(C(=O)O)CCN(C)CC2)[nH]1. The van der Waals surface area contributed by atoms with Crippen LogP contribution in [0.4, 0.5) is 0 Å². The third-order valence-electron chi connectivity index (χ3n) is 3.47. The first kappa shape index (κ1) is 11.1. The Kier molecular flexibility index (Phi) is 2.71. The second-order valence-corrected chi connectivity index (χ2v) is 4.57. The van der Waals surface area contributed by atoms with E-state index in [-0.39, 0.29) is 0 Å². The van der Waals surface area contributed by atoms with E-state index in [9.17, 15) is 9.90 Å². The van der Waals surface area contributed by atoms with Gasteiger partial charge in [0.1, 0.15) is 11.2 Å². The van der Waals surface area contributed by atoms with Crippen LogP contribution in [0.3, 0.4) is 0 Å². The maximum Gasteiger partial charge on any atom is 0.315 e. The lowest BCUT2D eigenvalue weighted by molar-refractivity contribution is -0.146. The average molecular weight is 223 g/mol. The number of likely N-dealkylation sites (tertiary alicyclic amines) is 1. The number of carboxylic acid groups (broad SMARTS) is 1. The predicted octanol–water partition coefficient (Wildman–Crippen LogP) is 0.766. The Balaban J connectivity index is 2.33.